The molecule has 0 radical (unpaired) electrons. The van der Waals surface area contributed by atoms with E-state index in [0.29, 0.717) is 0 Å². The van der Waals surface area contributed by atoms with Crippen LogP contribution in [0.3, 0.4) is 0 Å². The molecule has 0 aromatic rings. The summed E-state index contributed by atoms with van der Waals surface area (Å²) in [5.74, 6) is -2.20. The van der Waals surface area contributed by atoms with Gasteiger partial charge in [-0.1, -0.05) is 12.8 Å². The summed E-state index contributed by atoms with van der Waals surface area (Å²) in [5, 5.41) is 11.7. The molecule has 8 heteroatoms. The van der Waals surface area contributed by atoms with Crippen molar-refractivity contribution in [1.82, 2.24) is 10.2 Å². The Balaban J connectivity index is 1.91. The average molecular weight is 308 g/mol. The molecule has 0 aromatic heterocycles. The fourth-order valence-corrected chi connectivity index (χ4v) is 3.10. The van der Waals surface area contributed by atoms with Gasteiger partial charge in [0.15, 0.2) is 5.41 Å². The molecule has 1 saturated carbocycles. The van der Waals surface area contributed by atoms with Crippen LogP contribution in [0.4, 0.5) is 13.2 Å². The van der Waals surface area contributed by atoms with Crippen LogP contribution in [0.15, 0.2) is 0 Å². The molecule has 2 aliphatic rings. The van der Waals surface area contributed by atoms with E-state index in [1.807, 2.05) is 0 Å². The van der Waals surface area contributed by atoms with Crippen LogP contribution in [0.25, 0.3) is 0 Å². The minimum Gasteiger partial charge on any atom is -0.481 e. The van der Waals surface area contributed by atoms with Gasteiger partial charge in [0.25, 0.3) is 0 Å². The highest BCUT2D eigenvalue weighted by molar-refractivity contribution is 5.79. The zero-order valence-electron chi connectivity index (χ0n) is 11.6. The second kappa shape index (κ2) is 5.82. The summed E-state index contributed by atoms with van der Waals surface area (Å²) < 4.78 is 39.0. The number of rotatable bonds is 4. The van der Waals surface area contributed by atoms with Gasteiger partial charge in [-0.05, 0) is 19.3 Å². The van der Waals surface area contributed by atoms with E-state index < -0.39 is 30.5 Å². The third-order valence-corrected chi connectivity index (χ3v) is 4.39. The first kappa shape index (κ1) is 16.1. The Morgan fingerprint density at radius 2 is 1.90 bits per heavy atom. The first-order valence-electron chi connectivity index (χ1n) is 7.06. The molecule has 0 spiro atoms. The summed E-state index contributed by atoms with van der Waals surface area (Å²) >= 11 is 0. The number of carboxylic acids is 1. The van der Waals surface area contributed by atoms with Gasteiger partial charge in [0.05, 0.1) is 6.54 Å². The molecule has 2 N–H and O–H groups in total. The monoisotopic (exact) mass is 308 g/mol. The summed E-state index contributed by atoms with van der Waals surface area (Å²) in [6.45, 7) is -0.880. The molecule has 1 aliphatic heterocycles. The van der Waals surface area contributed by atoms with E-state index in [2.05, 4.69) is 5.32 Å². The number of aliphatic carboxylic acids is 1. The number of carbonyl (C=O) groups excluding carboxylic acids is 1. The number of hydrogen-bond acceptors (Lipinski definition) is 3. The van der Waals surface area contributed by atoms with Gasteiger partial charge in [0.1, 0.15) is 0 Å². The van der Waals surface area contributed by atoms with Crippen LogP contribution < -0.4 is 5.32 Å². The maximum atomic E-state index is 13.0. The maximum absolute atomic E-state index is 13.0. The number of halogens is 3. The van der Waals surface area contributed by atoms with Gasteiger partial charge in [-0.2, -0.15) is 13.2 Å². The van der Waals surface area contributed by atoms with E-state index in [-0.39, 0.29) is 25.0 Å². The molecule has 2 fully saturated rings. The Hall–Kier alpha value is -1.31. The lowest BCUT2D eigenvalue weighted by Crippen LogP contribution is -2.48. The molecule has 1 aliphatic carbocycles. The number of alkyl halides is 3. The number of nitrogens with zero attached hydrogens (tertiary/aromatic N) is 1. The number of hydrogen-bond donors (Lipinski definition) is 2. The predicted molar refractivity (Wildman–Crippen MR) is 67.6 cm³/mol. The number of carboxylic acid groups (broad SMARTS) is 1. The number of amides is 1. The molecule has 1 unspecified atom stereocenters. The van der Waals surface area contributed by atoms with Gasteiger partial charge in [0.2, 0.25) is 5.91 Å². The molecule has 0 aromatic carbocycles. The molecule has 1 heterocycles. The number of likely N-dealkylation sites (tertiary alicyclic amines) is 1. The largest absolute Gasteiger partial charge is 0.481 e. The van der Waals surface area contributed by atoms with Crippen molar-refractivity contribution in [2.24, 2.45) is 5.41 Å². The lowest BCUT2D eigenvalue weighted by Gasteiger charge is -2.27. The predicted octanol–water partition coefficient (Wildman–Crippen LogP) is 1.38. The zero-order chi connectivity index (χ0) is 15.7. The van der Waals surface area contributed by atoms with E-state index in [9.17, 15) is 22.8 Å². The molecule has 5 nitrogen and oxygen atoms in total. The molecule has 21 heavy (non-hydrogen) atoms. The first-order valence-corrected chi connectivity index (χ1v) is 7.06. The molecule has 1 amide bonds. The Bertz CT molecular complexity index is 421. The summed E-state index contributed by atoms with van der Waals surface area (Å²) in [6.07, 6.45) is -1.44. The van der Waals surface area contributed by atoms with Gasteiger partial charge in [-0.15, -0.1) is 0 Å². The summed E-state index contributed by atoms with van der Waals surface area (Å²) in [5.41, 5.74) is -2.75. The SMILES string of the molecule is O=C(CN1CCC(C(=O)O)(C(F)(F)F)C1)NC1CCCC1. The van der Waals surface area contributed by atoms with Crippen molar-refractivity contribution in [2.75, 3.05) is 19.6 Å². The highest BCUT2D eigenvalue weighted by Gasteiger charge is 2.63. The Labute approximate surface area is 120 Å². The van der Waals surface area contributed by atoms with Crippen LogP contribution in [0.1, 0.15) is 32.1 Å². The van der Waals surface area contributed by atoms with E-state index in [4.69, 9.17) is 5.11 Å². The van der Waals surface area contributed by atoms with E-state index >= 15 is 0 Å². The molecule has 0 bridgehead atoms. The van der Waals surface area contributed by atoms with Gasteiger partial charge < -0.3 is 10.4 Å². The Morgan fingerprint density at radius 1 is 1.29 bits per heavy atom. The van der Waals surface area contributed by atoms with Crippen LogP contribution in [-0.2, 0) is 9.59 Å². The van der Waals surface area contributed by atoms with Crippen LogP contribution in [0.5, 0.6) is 0 Å². The third-order valence-electron chi connectivity index (χ3n) is 4.39. The fraction of sp³-hybridized carbons (Fsp3) is 0.846. The smallest absolute Gasteiger partial charge is 0.406 e. The van der Waals surface area contributed by atoms with Crippen LogP contribution in [-0.4, -0.2) is 53.7 Å². The lowest BCUT2D eigenvalue weighted by atomic mass is 9.86. The Kier molecular flexibility index (Phi) is 4.46. The second-order valence-corrected chi connectivity index (χ2v) is 5.89. The molecule has 2 rings (SSSR count). The quantitative estimate of drug-likeness (QED) is 0.823. The van der Waals surface area contributed by atoms with Crippen molar-refractivity contribution in [3.05, 3.63) is 0 Å². The Morgan fingerprint density at radius 3 is 2.38 bits per heavy atom. The third kappa shape index (κ3) is 3.30. The molecular weight excluding hydrogens is 289 g/mol. The topological polar surface area (TPSA) is 69.6 Å². The minimum absolute atomic E-state index is 0.0378. The van der Waals surface area contributed by atoms with Crippen molar-refractivity contribution in [1.29, 1.82) is 0 Å². The normalized spacial score (nSPS) is 28.0. The lowest BCUT2D eigenvalue weighted by molar-refractivity contribution is -0.227. The standard InChI is InChI=1S/C13H19F3N2O3/c14-13(15,16)12(11(20)21)5-6-18(8-12)7-10(19)17-9-3-1-2-4-9/h9H,1-8H2,(H,17,19)(H,20,21). The van der Waals surface area contributed by atoms with Crippen molar-refractivity contribution in [2.45, 2.75) is 44.3 Å². The molecular formula is C13H19F3N2O3. The van der Waals surface area contributed by atoms with Crippen LogP contribution in [0, 0.1) is 5.41 Å². The first-order chi connectivity index (χ1) is 9.74. The second-order valence-electron chi connectivity index (χ2n) is 5.89. The van der Waals surface area contributed by atoms with Crippen molar-refractivity contribution in [3.63, 3.8) is 0 Å². The molecule has 1 saturated heterocycles. The van der Waals surface area contributed by atoms with Crippen molar-refractivity contribution < 1.29 is 27.9 Å². The maximum Gasteiger partial charge on any atom is 0.406 e. The number of carbonyl (C=O) groups is 2. The van der Waals surface area contributed by atoms with Gasteiger partial charge >= 0.3 is 12.1 Å². The summed E-state index contributed by atoms with van der Waals surface area (Å²) in [7, 11) is 0. The van der Waals surface area contributed by atoms with Crippen LogP contribution >= 0.6 is 0 Å². The van der Waals surface area contributed by atoms with Gasteiger partial charge in [-0.25, -0.2) is 0 Å². The van der Waals surface area contributed by atoms with Gasteiger partial charge in [-0.3, -0.25) is 14.5 Å². The zero-order valence-corrected chi connectivity index (χ0v) is 11.6. The molecule has 120 valence electrons. The van der Waals surface area contributed by atoms with E-state index in [1.165, 1.54) is 4.90 Å². The van der Waals surface area contributed by atoms with Crippen molar-refractivity contribution >= 4 is 11.9 Å². The van der Waals surface area contributed by atoms with Gasteiger partial charge in [0, 0.05) is 19.1 Å². The van der Waals surface area contributed by atoms with Crippen molar-refractivity contribution in [3.8, 4) is 0 Å². The van der Waals surface area contributed by atoms with Crippen LogP contribution in [0.2, 0.25) is 0 Å². The average Bonchev–Trinajstić information content (AvgIpc) is 2.97. The summed E-state index contributed by atoms with van der Waals surface area (Å²) in [6, 6.07) is 0.104. The fourth-order valence-electron chi connectivity index (χ4n) is 3.10. The number of nitrogens with one attached hydrogen (secondary N) is 1. The highest BCUT2D eigenvalue weighted by atomic mass is 19.4. The molecule has 1 atom stereocenters. The highest BCUT2D eigenvalue weighted by Crippen LogP contribution is 2.45. The summed E-state index contributed by atoms with van der Waals surface area (Å²) in [4.78, 5) is 24.1. The van der Waals surface area contributed by atoms with E-state index in [0.717, 1.165) is 25.7 Å². The van der Waals surface area contributed by atoms with E-state index in [1.54, 1.807) is 0 Å². The minimum atomic E-state index is -4.81.